The topological polar surface area (TPSA) is 35.1 Å². The van der Waals surface area contributed by atoms with E-state index in [0.29, 0.717) is 13.2 Å². The Kier molecular flexibility index (Phi) is 8.26. The van der Waals surface area contributed by atoms with Crippen molar-refractivity contribution < 1.29 is 14.8 Å². The molecule has 3 nitrogen and oxygen atoms in total. The monoisotopic (exact) mass is 252 g/mol. The maximum Gasteiger partial charge on any atom is 0.122 e. The van der Waals surface area contributed by atoms with Crippen molar-refractivity contribution in [3.8, 4) is 5.75 Å². The van der Waals surface area contributed by atoms with E-state index in [0.717, 1.165) is 18.9 Å². The number of ether oxygens (including phenoxy) is 2. The fourth-order valence-corrected chi connectivity index (χ4v) is 1.69. The van der Waals surface area contributed by atoms with Gasteiger partial charge in [0.05, 0.1) is 26.3 Å². The van der Waals surface area contributed by atoms with Gasteiger partial charge in [0.1, 0.15) is 12.4 Å². The van der Waals surface area contributed by atoms with E-state index in [1.54, 1.807) is 0 Å². The van der Waals surface area contributed by atoms with E-state index in [-0.39, 0.29) is 0 Å². The van der Waals surface area contributed by atoms with Gasteiger partial charge in [0.2, 0.25) is 0 Å². The van der Waals surface area contributed by atoms with Crippen LogP contribution in [0.3, 0.4) is 0 Å². The first-order valence-electron chi connectivity index (χ1n) is 6.92. The van der Waals surface area contributed by atoms with Gasteiger partial charge in [-0.1, -0.05) is 31.5 Å². The minimum absolute atomic E-state index is 0.625. The standard InChI is InChI=1S/C15H25NO2/c1-3-4-9-16-10-11-17-12-13-18-15-8-6-5-7-14(15)2/h5-8,16H,3-4,9-13H2,1-2H3/p+1. The fourth-order valence-electron chi connectivity index (χ4n) is 1.69. The molecular weight excluding hydrogens is 226 g/mol. The molecule has 1 aromatic rings. The molecule has 0 saturated carbocycles. The Labute approximate surface area is 110 Å². The van der Waals surface area contributed by atoms with Crippen molar-refractivity contribution in [2.45, 2.75) is 26.7 Å². The zero-order valence-electron chi connectivity index (χ0n) is 11.7. The summed E-state index contributed by atoms with van der Waals surface area (Å²) < 4.78 is 11.2. The summed E-state index contributed by atoms with van der Waals surface area (Å²) in [6, 6.07) is 8.06. The van der Waals surface area contributed by atoms with E-state index in [2.05, 4.69) is 25.2 Å². The molecule has 0 saturated heterocycles. The molecule has 0 amide bonds. The number of hydrogen-bond donors (Lipinski definition) is 1. The van der Waals surface area contributed by atoms with Crippen molar-refractivity contribution in [3.63, 3.8) is 0 Å². The number of benzene rings is 1. The van der Waals surface area contributed by atoms with Gasteiger partial charge in [0.15, 0.2) is 0 Å². The minimum atomic E-state index is 0.625. The molecule has 0 bridgehead atoms. The van der Waals surface area contributed by atoms with Gasteiger partial charge in [-0.2, -0.15) is 0 Å². The predicted molar refractivity (Wildman–Crippen MR) is 74.1 cm³/mol. The lowest BCUT2D eigenvalue weighted by Gasteiger charge is -2.08. The third kappa shape index (κ3) is 6.62. The van der Waals surface area contributed by atoms with Crippen LogP contribution in [-0.2, 0) is 4.74 Å². The quantitative estimate of drug-likeness (QED) is 0.644. The lowest BCUT2D eigenvalue weighted by atomic mass is 10.2. The van der Waals surface area contributed by atoms with Gasteiger partial charge in [-0.15, -0.1) is 0 Å². The van der Waals surface area contributed by atoms with E-state index < -0.39 is 0 Å². The van der Waals surface area contributed by atoms with Gasteiger partial charge >= 0.3 is 0 Å². The largest absolute Gasteiger partial charge is 0.491 e. The third-order valence-electron chi connectivity index (χ3n) is 2.81. The van der Waals surface area contributed by atoms with Crippen LogP contribution in [0.25, 0.3) is 0 Å². The molecule has 0 spiro atoms. The highest BCUT2D eigenvalue weighted by Crippen LogP contribution is 2.15. The van der Waals surface area contributed by atoms with Crippen molar-refractivity contribution in [3.05, 3.63) is 29.8 Å². The van der Waals surface area contributed by atoms with Crippen LogP contribution in [0.1, 0.15) is 25.3 Å². The SMILES string of the molecule is CCCC[NH2+]CCOCCOc1ccccc1C. The molecule has 0 unspecified atom stereocenters. The van der Waals surface area contributed by atoms with Gasteiger partial charge in [-0.05, 0) is 25.0 Å². The maximum atomic E-state index is 5.65. The number of aryl methyl sites for hydroxylation is 1. The molecule has 1 rings (SSSR count). The number of unbranched alkanes of at least 4 members (excludes halogenated alkanes) is 1. The number of para-hydroxylation sites is 1. The van der Waals surface area contributed by atoms with E-state index in [9.17, 15) is 0 Å². The van der Waals surface area contributed by atoms with Crippen LogP contribution >= 0.6 is 0 Å². The summed E-state index contributed by atoms with van der Waals surface area (Å²) in [7, 11) is 0. The summed E-state index contributed by atoms with van der Waals surface area (Å²) in [6.45, 7) is 8.62. The Bertz CT molecular complexity index is 315. The molecule has 0 heterocycles. The predicted octanol–water partition coefficient (Wildman–Crippen LogP) is 1.75. The molecule has 0 radical (unpaired) electrons. The highest BCUT2D eigenvalue weighted by atomic mass is 16.5. The summed E-state index contributed by atoms with van der Waals surface area (Å²) in [5.74, 6) is 0.954. The maximum absolute atomic E-state index is 5.65. The van der Waals surface area contributed by atoms with Crippen LogP contribution in [0, 0.1) is 6.92 Å². The number of quaternary nitrogens is 1. The molecule has 102 valence electrons. The summed E-state index contributed by atoms with van der Waals surface area (Å²) >= 11 is 0. The van der Waals surface area contributed by atoms with Crippen LogP contribution in [0.4, 0.5) is 0 Å². The third-order valence-corrected chi connectivity index (χ3v) is 2.81. The van der Waals surface area contributed by atoms with Crippen LogP contribution in [0.2, 0.25) is 0 Å². The van der Waals surface area contributed by atoms with Crippen LogP contribution < -0.4 is 10.1 Å². The fraction of sp³-hybridized carbons (Fsp3) is 0.600. The molecule has 0 aliphatic rings. The molecule has 2 N–H and O–H groups in total. The summed E-state index contributed by atoms with van der Waals surface area (Å²) in [6.07, 6.45) is 2.55. The van der Waals surface area contributed by atoms with E-state index in [1.807, 2.05) is 18.2 Å². The molecule has 0 aliphatic carbocycles. The van der Waals surface area contributed by atoms with Crippen LogP contribution in [-0.4, -0.2) is 32.9 Å². The smallest absolute Gasteiger partial charge is 0.122 e. The van der Waals surface area contributed by atoms with Crippen molar-refractivity contribution >= 4 is 0 Å². The first-order chi connectivity index (χ1) is 8.84. The molecule has 0 fully saturated rings. The van der Waals surface area contributed by atoms with E-state index >= 15 is 0 Å². The molecule has 1 aromatic carbocycles. The highest BCUT2D eigenvalue weighted by molar-refractivity contribution is 5.31. The second-order valence-electron chi connectivity index (χ2n) is 4.45. The average molecular weight is 252 g/mol. The van der Waals surface area contributed by atoms with Crippen molar-refractivity contribution in [1.82, 2.24) is 0 Å². The van der Waals surface area contributed by atoms with Crippen LogP contribution in [0.15, 0.2) is 24.3 Å². The Hall–Kier alpha value is -1.06. The first kappa shape index (κ1) is 15.0. The number of nitrogens with two attached hydrogens (primary N) is 1. The van der Waals surface area contributed by atoms with Gasteiger partial charge in [-0.25, -0.2) is 0 Å². The van der Waals surface area contributed by atoms with Crippen LogP contribution in [0.5, 0.6) is 5.75 Å². The lowest BCUT2D eigenvalue weighted by Crippen LogP contribution is -2.85. The van der Waals surface area contributed by atoms with Gasteiger partial charge in [0, 0.05) is 0 Å². The summed E-state index contributed by atoms with van der Waals surface area (Å²) in [5, 5.41) is 2.31. The summed E-state index contributed by atoms with van der Waals surface area (Å²) in [4.78, 5) is 0. The molecule has 0 atom stereocenters. The van der Waals surface area contributed by atoms with Gasteiger partial charge in [-0.3, -0.25) is 0 Å². The lowest BCUT2D eigenvalue weighted by molar-refractivity contribution is -0.656. The second kappa shape index (κ2) is 9.92. The Morgan fingerprint density at radius 1 is 1.06 bits per heavy atom. The van der Waals surface area contributed by atoms with Crippen molar-refractivity contribution in [2.75, 3.05) is 32.9 Å². The molecule has 0 aliphatic heterocycles. The number of hydrogen-bond acceptors (Lipinski definition) is 2. The van der Waals surface area contributed by atoms with Crippen molar-refractivity contribution in [2.24, 2.45) is 0 Å². The molecular formula is C15H26NO2+. The Balaban J connectivity index is 1.94. The van der Waals surface area contributed by atoms with E-state index in [4.69, 9.17) is 9.47 Å². The molecule has 0 aromatic heterocycles. The Morgan fingerprint density at radius 2 is 1.89 bits per heavy atom. The minimum Gasteiger partial charge on any atom is -0.491 e. The van der Waals surface area contributed by atoms with Gasteiger partial charge < -0.3 is 14.8 Å². The number of rotatable bonds is 10. The van der Waals surface area contributed by atoms with Crippen molar-refractivity contribution in [1.29, 1.82) is 0 Å². The zero-order chi connectivity index (χ0) is 13.1. The highest BCUT2D eigenvalue weighted by Gasteiger charge is 1.97. The Morgan fingerprint density at radius 3 is 2.67 bits per heavy atom. The first-order valence-corrected chi connectivity index (χ1v) is 6.92. The average Bonchev–Trinajstić information content (AvgIpc) is 2.39. The zero-order valence-corrected chi connectivity index (χ0v) is 11.7. The molecule has 3 heteroatoms. The molecule has 18 heavy (non-hydrogen) atoms. The summed E-state index contributed by atoms with van der Waals surface area (Å²) in [5.41, 5.74) is 1.17. The van der Waals surface area contributed by atoms with Gasteiger partial charge in [0.25, 0.3) is 0 Å². The van der Waals surface area contributed by atoms with E-state index in [1.165, 1.54) is 24.9 Å². The second-order valence-corrected chi connectivity index (χ2v) is 4.45. The normalized spacial score (nSPS) is 10.6.